The Balaban J connectivity index is 2.04. The number of amides is 1. The smallest absolute Gasteiger partial charge is 0.232 e. The van der Waals surface area contributed by atoms with Crippen molar-refractivity contribution in [3.63, 3.8) is 0 Å². The van der Waals surface area contributed by atoms with Crippen molar-refractivity contribution in [2.24, 2.45) is 5.92 Å². The highest BCUT2D eigenvalue weighted by Gasteiger charge is 2.46. The third-order valence-electron chi connectivity index (χ3n) is 4.84. The Hall–Kier alpha value is -1.51. The quantitative estimate of drug-likeness (QED) is 0.919. The lowest BCUT2D eigenvalue weighted by Crippen LogP contribution is -2.44. The van der Waals surface area contributed by atoms with Crippen molar-refractivity contribution in [3.05, 3.63) is 29.8 Å². The highest BCUT2D eigenvalue weighted by Crippen LogP contribution is 2.47. The van der Waals surface area contributed by atoms with Crippen LogP contribution in [0.25, 0.3) is 0 Å². The molecule has 1 aromatic rings. The van der Waals surface area contributed by atoms with Crippen molar-refractivity contribution in [3.8, 4) is 5.75 Å². The Kier molecular flexibility index (Phi) is 3.45. The molecule has 108 valence electrons. The van der Waals surface area contributed by atoms with Crippen LogP contribution in [0.1, 0.15) is 44.1 Å². The largest absolute Gasteiger partial charge is 0.508 e. The molecule has 3 heteroatoms. The Morgan fingerprint density at radius 1 is 1.35 bits per heavy atom. The van der Waals surface area contributed by atoms with Gasteiger partial charge in [-0.05, 0) is 42.9 Å². The highest BCUT2D eigenvalue weighted by atomic mass is 16.3. The summed E-state index contributed by atoms with van der Waals surface area (Å²) in [5.74, 6) is 1.19. The van der Waals surface area contributed by atoms with E-state index in [0.29, 0.717) is 5.92 Å². The van der Waals surface area contributed by atoms with E-state index < -0.39 is 5.41 Å². The van der Waals surface area contributed by atoms with Gasteiger partial charge in [0.2, 0.25) is 5.91 Å². The Morgan fingerprint density at radius 3 is 2.85 bits per heavy atom. The zero-order valence-electron chi connectivity index (χ0n) is 12.1. The molecule has 1 N–H and O–H groups in total. The molecular formula is C17H23NO2. The summed E-state index contributed by atoms with van der Waals surface area (Å²) in [7, 11) is 1.91. The van der Waals surface area contributed by atoms with E-state index in [1.165, 1.54) is 12.8 Å². The zero-order valence-corrected chi connectivity index (χ0v) is 12.1. The normalized spacial score (nSPS) is 27.4. The molecular weight excluding hydrogens is 250 g/mol. The fourth-order valence-corrected chi connectivity index (χ4v) is 3.54. The Morgan fingerprint density at radius 2 is 2.15 bits per heavy atom. The summed E-state index contributed by atoms with van der Waals surface area (Å²) in [5.41, 5.74) is 0.591. The van der Waals surface area contributed by atoms with Gasteiger partial charge >= 0.3 is 0 Å². The predicted octanol–water partition coefficient (Wildman–Crippen LogP) is 3.07. The van der Waals surface area contributed by atoms with Crippen LogP contribution in [0.5, 0.6) is 5.75 Å². The second-order valence-corrected chi connectivity index (χ2v) is 6.46. The van der Waals surface area contributed by atoms with Gasteiger partial charge in [0.25, 0.3) is 0 Å². The fraction of sp³-hybridized carbons (Fsp3) is 0.588. The molecule has 1 aromatic carbocycles. The van der Waals surface area contributed by atoms with E-state index >= 15 is 0 Å². The minimum Gasteiger partial charge on any atom is -0.508 e. The average Bonchev–Trinajstić information content (AvgIpc) is 3.25. The molecule has 1 saturated heterocycles. The van der Waals surface area contributed by atoms with Gasteiger partial charge in [-0.25, -0.2) is 0 Å². The average molecular weight is 273 g/mol. The number of hydrogen-bond donors (Lipinski definition) is 1. The number of carbonyl (C=O) groups excluding carboxylic acids is 1. The number of likely N-dealkylation sites (N-methyl/N-ethyl adjacent to an activating group) is 1. The first-order valence-corrected chi connectivity index (χ1v) is 7.67. The predicted molar refractivity (Wildman–Crippen MR) is 78.6 cm³/mol. The zero-order chi connectivity index (χ0) is 14.2. The SMILES string of the molecule is CN1CCCC[C@](CC2CC2)(c2cccc(O)c2)C1=O. The summed E-state index contributed by atoms with van der Waals surface area (Å²) in [6.07, 6.45) is 6.51. The van der Waals surface area contributed by atoms with Crippen molar-refractivity contribution >= 4 is 5.91 Å². The molecule has 1 heterocycles. The van der Waals surface area contributed by atoms with Crippen LogP contribution in [0, 0.1) is 5.92 Å². The van der Waals surface area contributed by atoms with Crippen LogP contribution in [-0.2, 0) is 10.2 Å². The van der Waals surface area contributed by atoms with Gasteiger partial charge in [0.1, 0.15) is 5.75 Å². The molecule has 2 aliphatic rings. The second kappa shape index (κ2) is 5.12. The lowest BCUT2D eigenvalue weighted by molar-refractivity contribution is -0.136. The van der Waals surface area contributed by atoms with E-state index in [1.807, 2.05) is 24.1 Å². The summed E-state index contributed by atoms with van der Waals surface area (Å²) in [6.45, 7) is 0.851. The van der Waals surface area contributed by atoms with Gasteiger partial charge in [0.05, 0.1) is 5.41 Å². The first-order chi connectivity index (χ1) is 9.62. The number of phenolic OH excluding ortho intramolecular Hbond substituents is 1. The second-order valence-electron chi connectivity index (χ2n) is 6.46. The Bertz CT molecular complexity index is 509. The molecule has 1 atom stereocenters. The van der Waals surface area contributed by atoms with E-state index in [9.17, 15) is 9.90 Å². The lowest BCUT2D eigenvalue weighted by atomic mass is 9.72. The van der Waals surface area contributed by atoms with Crippen LogP contribution in [0.4, 0.5) is 0 Å². The molecule has 0 unspecified atom stereocenters. The number of aromatic hydroxyl groups is 1. The van der Waals surface area contributed by atoms with Crippen molar-refractivity contribution < 1.29 is 9.90 Å². The van der Waals surface area contributed by atoms with Crippen molar-refractivity contribution in [2.45, 2.75) is 43.9 Å². The third-order valence-corrected chi connectivity index (χ3v) is 4.84. The van der Waals surface area contributed by atoms with Gasteiger partial charge in [0, 0.05) is 13.6 Å². The van der Waals surface area contributed by atoms with Crippen LogP contribution in [0.3, 0.4) is 0 Å². The first kappa shape index (κ1) is 13.5. The summed E-state index contributed by atoms with van der Waals surface area (Å²) < 4.78 is 0. The number of likely N-dealkylation sites (tertiary alicyclic amines) is 1. The molecule has 20 heavy (non-hydrogen) atoms. The first-order valence-electron chi connectivity index (χ1n) is 7.67. The van der Waals surface area contributed by atoms with Crippen LogP contribution < -0.4 is 0 Å². The van der Waals surface area contributed by atoms with Gasteiger partial charge in [-0.2, -0.15) is 0 Å². The number of rotatable bonds is 3. The van der Waals surface area contributed by atoms with E-state index in [0.717, 1.165) is 37.8 Å². The molecule has 1 aliphatic heterocycles. The number of nitrogens with zero attached hydrogens (tertiary/aromatic N) is 1. The number of hydrogen-bond acceptors (Lipinski definition) is 2. The molecule has 1 aliphatic carbocycles. The van der Waals surface area contributed by atoms with Crippen LogP contribution >= 0.6 is 0 Å². The molecule has 0 radical (unpaired) electrons. The molecule has 0 aromatic heterocycles. The highest BCUT2D eigenvalue weighted by molar-refractivity contribution is 5.88. The van der Waals surface area contributed by atoms with E-state index in [1.54, 1.807) is 12.1 Å². The summed E-state index contributed by atoms with van der Waals surface area (Å²) in [4.78, 5) is 14.9. The van der Waals surface area contributed by atoms with E-state index in [2.05, 4.69) is 0 Å². The minimum absolute atomic E-state index is 0.243. The minimum atomic E-state index is -0.412. The standard InChI is InChI=1S/C17H23NO2/c1-18-10-3-2-9-17(16(18)20,12-13-7-8-13)14-5-4-6-15(19)11-14/h4-6,11,13,19H,2-3,7-10,12H2,1H3/t17-/m0/s1. The molecule has 3 nitrogen and oxygen atoms in total. The molecule has 0 bridgehead atoms. The molecule has 1 saturated carbocycles. The van der Waals surface area contributed by atoms with Gasteiger partial charge in [-0.15, -0.1) is 0 Å². The molecule has 1 amide bonds. The van der Waals surface area contributed by atoms with E-state index in [4.69, 9.17) is 0 Å². The number of benzene rings is 1. The molecule has 0 spiro atoms. The Labute approximate surface area is 120 Å². The number of phenols is 1. The van der Waals surface area contributed by atoms with Crippen LogP contribution in [0.2, 0.25) is 0 Å². The van der Waals surface area contributed by atoms with Gasteiger partial charge < -0.3 is 10.0 Å². The van der Waals surface area contributed by atoms with E-state index in [-0.39, 0.29) is 11.7 Å². The van der Waals surface area contributed by atoms with Gasteiger partial charge in [0.15, 0.2) is 0 Å². The summed E-state index contributed by atoms with van der Waals surface area (Å²) >= 11 is 0. The fourth-order valence-electron chi connectivity index (χ4n) is 3.54. The summed E-state index contributed by atoms with van der Waals surface area (Å²) in [5, 5.41) is 9.81. The maximum Gasteiger partial charge on any atom is 0.232 e. The summed E-state index contributed by atoms with van der Waals surface area (Å²) in [6, 6.07) is 7.34. The van der Waals surface area contributed by atoms with Gasteiger partial charge in [-0.3, -0.25) is 4.79 Å². The monoisotopic (exact) mass is 273 g/mol. The van der Waals surface area contributed by atoms with Crippen molar-refractivity contribution in [1.29, 1.82) is 0 Å². The van der Waals surface area contributed by atoms with Gasteiger partial charge in [-0.1, -0.05) is 31.4 Å². The maximum absolute atomic E-state index is 13.0. The topological polar surface area (TPSA) is 40.5 Å². The third kappa shape index (κ3) is 2.41. The lowest BCUT2D eigenvalue weighted by Gasteiger charge is -2.34. The van der Waals surface area contributed by atoms with Crippen molar-refractivity contribution in [2.75, 3.05) is 13.6 Å². The maximum atomic E-state index is 13.0. The van der Waals surface area contributed by atoms with Crippen LogP contribution in [0.15, 0.2) is 24.3 Å². The number of carbonyl (C=O) groups is 1. The van der Waals surface area contributed by atoms with Crippen molar-refractivity contribution in [1.82, 2.24) is 4.90 Å². The molecule has 3 rings (SSSR count). The van der Waals surface area contributed by atoms with Crippen LogP contribution in [-0.4, -0.2) is 29.5 Å². The molecule has 2 fully saturated rings.